The number of anilines is 3. The van der Waals surface area contributed by atoms with Crippen LogP contribution in [-0.4, -0.2) is 266 Å². The number of methoxy groups -OCH3 is 2. The molecule has 138 heavy (non-hydrogen) atoms. The van der Waals surface area contributed by atoms with Gasteiger partial charge in [-0.3, -0.25) is 43.3 Å². The number of ether oxygens (including phenoxy) is 15. The molecular weight excluding hydrogens is 1790 g/mol. The number of hydrogen-bond donors (Lipinski definition) is 7. The van der Waals surface area contributed by atoms with Crippen LogP contribution in [0.15, 0.2) is 103 Å². The highest BCUT2D eigenvalue weighted by molar-refractivity contribution is 6.13. The standard InChI is InChI=1S/C99H132N12O27/c1-62(2)87(106-82(113)24-14-13-17-37-107-83(114)31-32-84(107)115)89(117)105-72(23-21-35-102-94(100)120)88(116)104-69-29-27-65(28-30-69)59-134-95(121)103-36-41-127-43-45-129-47-46-128-44-42-126-40-33-81(112)101-34-20-22-66-50-67(60-132-79-55-73-70(53-77(79)124-11)90(118)108-57-63(3)48-75(108)92(135-85-25-15-18-38-130-85)110(73)96(122)137-98(5,6)7)52-68(51-66)61-133-80-56-74-71(54-78(80)125-12)91(119)109-58-64(4)49-76(109)93(136-86-26-16-19-39-131-86)111(74)97(123)138-99(8,9)10/h27-32,50-56,62,72,75-76,85-87,92-93H,3-4,13-19,21,23-26,33-49,57-61H2,1-2,5-12H3,(H,101,112)(H,103,121)(H,104,116)(H,105,117)(H,106,113)(H3,100,102,120)/t72-,75-,76-,85?,86?,87-,92-,93?/m0/s1. The Bertz CT molecular complexity index is 4870. The van der Waals surface area contributed by atoms with Gasteiger partial charge in [-0.2, -0.15) is 0 Å². The molecule has 0 bridgehead atoms. The fourth-order valence-electron chi connectivity index (χ4n) is 16.4. The first kappa shape index (κ1) is 106. The number of hydrogen-bond acceptors (Lipinski definition) is 27. The monoisotopic (exact) mass is 1920 g/mol. The van der Waals surface area contributed by atoms with Crippen LogP contribution in [0.3, 0.4) is 0 Å². The lowest BCUT2D eigenvalue weighted by Gasteiger charge is -2.39. The molecule has 7 aliphatic heterocycles. The number of unbranched alkanes of at least 4 members (excludes halogenated alkanes) is 2. The smallest absolute Gasteiger partial charge is 0.417 e. The van der Waals surface area contributed by atoms with Crippen molar-refractivity contribution >= 4 is 88.6 Å². The molecule has 8 N–H and O–H groups in total. The molecule has 4 aromatic carbocycles. The van der Waals surface area contributed by atoms with Gasteiger partial charge in [-0.25, -0.2) is 29.0 Å². The van der Waals surface area contributed by atoms with E-state index in [4.69, 9.17) is 76.8 Å². The maximum Gasteiger partial charge on any atom is 0.417 e. The minimum absolute atomic E-state index is 0.0278. The van der Waals surface area contributed by atoms with E-state index in [2.05, 4.69) is 56.9 Å². The lowest BCUT2D eigenvalue weighted by Crippen LogP contribution is -2.54. The number of fused-ring (bicyclic) bond motifs is 4. The lowest BCUT2D eigenvalue weighted by atomic mass is 10.0. The summed E-state index contributed by atoms with van der Waals surface area (Å²) in [6.07, 6.45) is 3.90. The van der Waals surface area contributed by atoms with Gasteiger partial charge in [-0.05, 0) is 184 Å². The number of nitrogens with zero attached hydrogens (tertiary/aromatic N) is 5. The number of amides is 13. The number of carbonyl (C=O) groups excluding carboxylic acids is 12. The molecule has 4 saturated heterocycles. The number of carbonyl (C=O) groups is 12. The highest BCUT2D eigenvalue weighted by atomic mass is 16.7. The summed E-state index contributed by atoms with van der Waals surface area (Å²) in [7, 11) is 2.89. The summed E-state index contributed by atoms with van der Waals surface area (Å²) < 4.78 is 91.2. The normalized spacial score (nSPS) is 19.0. The second-order valence-corrected chi connectivity index (χ2v) is 36.6. The molecule has 11 rings (SSSR count). The van der Waals surface area contributed by atoms with Crippen molar-refractivity contribution in [1.29, 1.82) is 0 Å². The highest BCUT2D eigenvalue weighted by Gasteiger charge is 2.52. The summed E-state index contributed by atoms with van der Waals surface area (Å²) in [6, 6.07) is 14.0. The molecule has 4 aromatic rings. The molecule has 7 heterocycles. The van der Waals surface area contributed by atoms with Crippen molar-refractivity contribution in [3.05, 3.63) is 137 Å². The maximum absolute atomic E-state index is 14.9. The Morgan fingerprint density at radius 1 is 0.551 bits per heavy atom. The maximum atomic E-state index is 14.9. The van der Waals surface area contributed by atoms with Crippen LogP contribution in [0.4, 0.5) is 36.2 Å². The molecule has 0 saturated carbocycles. The first-order valence-electron chi connectivity index (χ1n) is 47.0. The number of primary amides is 1. The molecule has 750 valence electrons. The minimum Gasteiger partial charge on any atom is -0.493 e. The summed E-state index contributed by atoms with van der Waals surface area (Å²) in [4.78, 5) is 168. The van der Waals surface area contributed by atoms with Crippen molar-refractivity contribution in [3.8, 4) is 34.8 Å². The largest absolute Gasteiger partial charge is 0.493 e. The number of nitrogens with two attached hydrogens (primary N) is 1. The lowest BCUT2D eigenvalue weighted by molar-refractivity contribution is -0.196. The Labute approximate surface area is 804 Å². The average Bonchev–Trinajstić information content (AvgIpc) is 1.60. The zero-order valence-corrected chi connectivity index (χ0v) is 80.5. The molecule has 8 atom stereocenters. The van der Waals surface area contributed by atoms with Crippen LogP contribution >= 0.6 is 0 Å². The van der Waals surface area contributed by atoms with Crippen molar-refractivity contribution in [2.45, 2.75) is 232 Å². The molecule has 13 amide bonds. The van der Waals surface area contributed by atoms with E-state index in [0.717, 1.165) is 41.7 Å². The predicted octanol–water partition coefficient (Wildman–Crippen LogP) is 10.0. The van der Waals surface area contributed by atoms with E-state index in [1.807, 2.05) is 6.07 Å². The Morgan fingerprint density at radius 3 is 1.57 bits per heavy atom. The van der Waals surface area contributed by atoms with Crippen molar-refractivity contribution in [2.75, 3.05) is 135 Å². The van der Waals surface area contributed by atoms with Gasteiger partial charge in [0.1, 0.15) is 43.1 Å². The van der Waals surface area contributed by atoms with Gasteiger partial charge >= 0.3 is 24.3 Å². The quantitative estimate of drug-likeness (QED) is 0.00710. The van der Waals surface area contributed by atoms with Crippen molar-refractivity contribution in [3.63, 3.8) is 0 Å². The molecule has 0 aromatic heterocycles. The third kappa shape index (κ3) is 31.3. The van der Waals surface area contributed by atoms with Gasteiger partial charge in [0.15, 0.2) is 48.0 Å². The zero-order chi connectivity index (χ0) is 99.2. The number of imide groups is 1. The van der Waals surface area contributed by atoms with E-state index >= 15 is 0 Å². The van der Waals surface area contributed by atoms with Crippen LogP contribution in [0, 0.1) is 17.8 Å². The summed E-state index contributed by atoms with van der Waals surface area (Å²) in [5, 5.41) is 16.2. The minimum atomic E-state index is -1.08. The summed E-state index contributed by atoms with van der Waals surface area (Å²) >= 11 is 0. The van der Waals surface area contributed by atoms with Gasteiger partial charge in [0.25, 0.3) is 23.6 Å². The van der Waals surface area contributed by atoms with Crippen LogP contribution in [0.5, 0.6) is 23.0 Å². The van der Waals surface area contributed by atoms with E-state index in [-0.39, 0.29) is 224 Å². The molecule has 3 unspecified atom stereocenters. The summed E-state index contributed by atoms with van der Waals surface area (Å²) in [5.41, 5.74) is 8.07. The van der Waals surface area contributed by atoms with Gasteiger partial charge in [0.2, 0.25) is 23.6 Å². The topological polar surface area (TPSA) is 458 Å². The Kier molecular flexibility index (Phi) is 39.4. The number of benzene rings is 4. The molecule has 39 heteroatoms. The van der Waals surface area contributed by atoms with Crippen LogP contribution in [0.2, 0.25) is 0 Å². The first-order valence-corrected chi connectivity index (χ1v) is 47.0. The average molecular weight is 1920 g/mol. The molecular formula is C99H132N12O27. The molecule has 7 aliphatic rings. The fourth-order valence-corrected chi connectivity index (χ4v) is 16.4. The number of alkyl carbamates (subject to hydrolysis) is 1. The van der Waals surface area contributed by atoms with Crippen LogP contribution in [0.25, 0.3) is 0 Å². The van der Waals surface area contributed by atoms with E-state index < -0.39 is 96.5 Å². The SMILES string of the molecule is C=C1C[C@H]2C(OC3CCCCO3)N(C(=O)OC(C)(C)C)c3cc(OCc4cc(C#CCNC(=O)CCOCCOCCOCCOCCNC(=O)OCc5ccc(NC(=O)[C@H](CCCNC(N)=O)NC(=O)[C@@H](NC(=O)CCCCCN6C(=O)C=CC6=O)C(C)C)cc5)cc(COc5cc6c(cc5OC)C(=O)N5CC(=C)C[C@H]5[C@H](OC5CCCCO5)N6C(=O)OC(C)(C)C)c4)c(OC)cc3C(=O)N2C1. The number of nitrogens with one attached hydrogen (secondary N) is 6. The second kappa shape index (κ2) is 51.3. The van der Waals surface area contributed by atoms with Crippen LogP contribution < -0.4 is 66.4 Å². The highest BCUT2D eigenvalue weighted by Crippen LogP contribution is 2.47. The number of urea groups is 1. The Balaban J connectivity index is 0.644. The second-order valence-electron chi connectivity index (χ2n) is 36.6. The Hall–Kier alpha value is -12.4. The Morgan fingerprint density at radius 2 is 1.07 bits per heavy atom. The van der Waals surface area contributed by atoms with E-state index in [1.54, 1.807) is 126 Å². The van der Waals surface area contributed by atoms with E-state index in [9.17, 15) is 57.5 Å². The van der Waals surface area contributed by atoms with Gasteiger partial charge < -0.3 is 118 Å². The van der Waals surface area contributed by atoms with Crippen molar-refractivity contribution in [1.82, 2.24) is 41.3 Å². The zero-order valence-electron chi connectivity index (χ0n) is 80.5. The van der Waals surface area contributed by atoms with Crippen molar-refractivity contribution in [2.24, 2.45) is 11.7 Å². The van der Waals surface area contributed by atoms with Gasteiger partial charge in [0.05, 0.1) is 108 Å². The van der Waals surface area contributed by atoms with Crippen LogP contribution in [-0.2, 0) is 101 Å². The van der Waals surface area contributed by atoms with Crippen molar-refractivity contribution < 1.29 is 129 Å². The molecule has 0 spiro atoms. The van der Waals surface area contributed by atoms with Crippen LogP contribution in [0.1, 0.15) is 195 Å². The predicted molar refractivity (Wildman–Crippen MR) is 503 cm³/mol. The number of rotatable bonds is 46. The van der Waals surface area contributed by atoms with E-state index in [1.165, 1.54) is 36.2 Å². The molecule has 0 radical (unpaired) electrons. The van der Waals surface area contributed by atoms with Gasteiger partial charge in [-0.1, -0.05) is 68.5 Å². The fraction of sp³-hybridized carbons (Fsp3) is 0.556. The van der Waals surface area contributed by atoms with Gasteiger partial charge in [0, 0.05) is 94.3 Å². The molecule has 4 fully saturated rings. The third-order valence-corrected chi connectivity index (χ3v) is 23.1. The molecule has 0 aliphatic carbocycles. The third-order valence-electron chi connectivity index (χ3n) is 23.1. The summed E-state index contributed by atoms with van der Waals surface area (Å²) in [5.74, 6) is 3.21. The van der Waals surface area contributed by atoms with Gasteiger partial charge in [-0.15, -0.1) is 0 Å². The van der Waals surface area contributed by atoms with E-state index in [0.29, 0.717) is 86.1 Å². The molecule has 39 nitrogen and oxygen atoms in total. The first-order chi connectivity index (χ1) is 66.1. The summed E-state index contributed by atoms with van der Waals surface area (Å²) in [6.45, 7) is 25.7.